The van der Waals surface area contributed by atoms with Crippen LogP contribution < -0.4 is 27.4 Å². The van der Waals surface area contributed by atoms with Crippen LogP contribution in [-0.4, -0.2) is 71.4 Å². The number of aliphatic carboxylic acids is 1. The van der Waals surface area contributed by atoms with Crippen molar-refractivity contribution in [3.8, 4) is 0 Å². The summed E-state index contributed by atoms with van der Waals surface area (Å²) in [6.07, 6.45) is 1.70. The number of nitrogens with one attached hydrogen (secondary N) is 3. The Kier molecular flexibility index (Phi) is 11.8. The second-order valence-electron chi connectivity index (χ2n) is 5.81. The number of nitrogens with two attached hydrogens (primary N) is 2. The predicted octanol–water partition coefficient (Wildman–Crippen LogP) is -2.48. The summed E-state index contributed by atoms with van der Waals surface area (Å²) in [6, 6.07) is -3.11. The van der Waals surface area contributed by atoms with Gasteiger partial charge in [-0.1, -0.05) is 0 Å². The number of primary amides is 1. The lowest BCUT2D eigenvalue weighted by Gasteiger charge is -2.21. The van der Waals surface area contributed by atoms with Crippen LogP contribution in [0.25, 0.3) is 0 Å². The Morgan fingerprint density at radius 3 is 2.15 bits per heavy atom. The second kappa shape index (κ2) is 12.9. The number of carbonyl (C=O) groups excluding carboxylic acids is 4. The van der Waals surface area contributed by atoms with Crippen molar-refractivity contribution in [2.24, 2.45) is 11.5 Å². The first-order valence-electron chi connectivity index (χ1n) is 8.21. The molecule has 0 rings (SSSR count). The molecule has 12 heteroatoms. The molecule has 0 spiro atoms. The van der Waals surface area contributed by atoms with Crippen molar-refractivity contribution >= 4 is 41.4 Å². The number of carboxylic acids is 1. The van der Waals surface area contributed by atoms with E-state index in [0.29, 0.717) is 5.75 Å². The molecule has 27 heavy (non-hydrogen) atoms. The van der Waals surface area contributed by atoms with E-state index in [1.54, 1.807) is 6.26 Å². The van der Waals surface area contributed by atoms with Gasteiger partial charge in [-0.25, -0.2) is 4.79 Å². The molecule has 0 fully saturated rings. The summed E-state index contributed by atoms with van der Waals surface area (Å²) in [6.45, 7) is 1.02. The first-order chi connectivity index (χ1) is 12.6. The van der Waals surface area contributed by atoms with Crippen molar-refractivity contribution in [3.05, 3.63) is 0 Å². The molecule has 8 N–H and O–H groups in total. The highest BCUT2D eigenvalue weighted by Gasteiger charge is 2.26. The first-order valence-corrected chi connectivity index (χ1v) is 9.60. The molecule has 0 aliphatic heterocycles. The van der Waals surface area contributed by atoms with E-state index in [-0.39, 0.29) is 19.3 Å². The molecule has 0 bridgehead atoms. The molecule has 3 atom stereocenters. The zero-order valence-corrected chi connectivity index (χ0v) is 16.1. The van der Waals surface area contributed by atoms with Crippen LogP contribution in [0.1, 0.15) is 26.2 Å². The van der Waals surface area contributed by atoms with Crippen molar-refractivity contribution in [3.63, 3.8) is 0 Å². The number of amides is 4. The van der Waals surface area contributed by atoms with Crippen molar-refractivity contribution in [1.29, 1.82) is 0 Å². The minimum absolute atomic E-state index is 0.108. The van der Waals surface area contributed by atoms with E-state index >= 15 is 0 Å². The minimum atomic E-state index is -1.21. The van der Waals surface area contributed by atoms with Gasteiger partial charge in [-0.3, -0.25) is 19.2 Å². The Bertz CT molecular complexity index is 557. The largest absolute Gasteiger partial charge is 0.480 e. The van der Waals surface area contributed by atoms with Gasteiger partial charge in [0.15, 0.2) is 0 Å². The van der Waals surface area contributed by atoms with Crippen molar-refractivity contribution in [2.45, 2.75) is 44.3 Å². The van der Waals surface area contributed by atoms with E-state index in [1.807, 2.05) is 0 Å². The molecule has 0 radical (unpaired) electrons. The van der Waals surface area contributed by atoms with Gasteiger partial charge in [0.05, 0.1) is 12.6 Å². The molecule has 0 saturated heterocycles. The van der Waals surface area contributed by atoms with E-state index in [1.165, 1.54) is 18.7 Å². The minimum Gasteiger partial charge on any atom is -0.480 e. The number of thioether (sulfide) groups is 1. The normalized spacial score (nSPS) is 13.7. The number of carbonyl (C=O) groups is 5. The Labute approximate surface area is 161 Å². The molecule has 0 aliphatic rings. The maximum atomic E-state index is 12.4. The highest BCUT2D eigenvalue weighted by Crippen LogP contribution is 2.04. The van der Waals surface area contributed by atoms with Gasteiger partial charge in [-0.15, -0.1) is 0 Å². The molecular formula is C15H27N5O6S. The highest BCUT2D eigenvalue weighted by molar-refractivity contribution is 7.98. The van der Waals surface area contributed by atoms with E-state index in [9.17, 15) is 29.1 Å². The molecular weight excluding hydrogens is 378 g/mol. The third kappa shape index (κ3) is 11.1. The fraction of sp³-hybridized carbons (Fsp3) is 0.667. The van der Waals surface area contributed by atoms with Crippen LogP contribution in [-0.2, 0) is 24.0 Å². The standard InChI is InChI=1S/C15H27N5O6S/c1-8(16)13(23)18-7-12(22)19-9(3-4-11(17)21)14(24)20-10(15(25)26)5-6-27-2/h8-10H,3-7,16H2,1-2H3,(H2,17,21)(H,18,23)(H,19,22)(H,20,24)(H,25,26). The maximum Gasteiger partial charge on any atom is 0.326 e. The summed E-state index contributed by atoms with van der Waals surface area (Å²) >= 11 is 1.42. The van der Waals surface area contributed by atoms with Crippen LogP contribution in [0.3, 0.4) is 0 Å². The molecule has 0 aromatic carbocycles. The van der Waals surface area contributed by atoms with Gasteiger partial charge in [-0.05, 0) is 31.8 Å². The van der Waals surface area contributed by atoms with Crippen LogP contribution in [0.4, 0.5) is 0 Å². The van der Waals surface area contributed by atoms with Crippen LogP contribution >= 0.6 is 11.8 Å². The molecule has 0 aromatic rings. The SMILES string of the molecule is CSCCC(NC(=O)C(CCC(N)=O)NC(=O)CNC(=O)C(C)N)C(=O)O. The Morgan fingerprint density at radius 1 is 1.04 bits per heavy atom. The van der Waals surface area contributed by atoms with Gasteiger partial charge in [0.2, 0.25) is 23.6 Å². The van der Waals surface area contributed by atoms with Crippen LogP contribution in [0.2, 0.25) is 0 Å². The van der Waals surface area contributed by atoms with Gasteiger partial charge in [0, 0.05) is 6.42 Å². The molecule has 0 heterocycles. The lowest BCUT2D eigenvalue weighted by molar-refractivity contribution is -0.142. The van der Waals surface area contributed by atoms with E-state index < -0.39 is 54.3 Å². The summed E-state index contributed by atoms with van der Waals surface area (Å²) in [5.41, 5.74) is 10.4. The van der Waals surface area contributed by atoms with Gasteiger partial charge in [-0.2, -0.15) is 11.8 Å². The van der Waals surface area contributed by atoms with Crippen molar-refractivity contribution in [1.82, 2.24) is 16.0 Å². The number of carboxylic acid groups (broad SMARTS) is 1. The van der Waals surface area contributed by atoms with Gasteiger partial charge < -0.3 is 32.5 Å². The van der Waals surface area contributed by atoms with E-state index in [4.69, 9.17) is 11.5 Å². The molecule has 0 aromatic heterocycles. The number of hydrogen-bond donors (Lipinski definition) is 6. The predicted molar refractivity (Wildman–Crippen MR) is 99.6 cm³/mol. The van der Waals surface area contributed by atoms with Crippen LogP contribution in [0, 0.1) is 0 Å². The average Bonchev–Trinajstić information content (AvgIpc) is 2.59. The van der Waals surface area contributed by atoms with E-state index in [2.05, 4.69) is 16.0 Å². The molecule has 11 nitrogen and oxygen atoms in total. The zero-order chi connectivity index (χ0) is 21.0. The smallest absolute Gasteiger partial charge is 0.326 e. The topological polar surface area (TPSA) is 194 Å². The van der Waals surface area contributed by atoms with Gasteiger partial charge in [0.1, 0.15) is 12.1 Å². The third-order valence-electron chi connectivity index (χ3n) is 3.39. The van der Waals surface area contributed by atoms with E-state index in [0.717, 1.165) is 0 Å². The van der Waals surface area contributed by atoms with Gasteiger partial charge >= 0.3 is 5.97 Å². The summed E-state index contributed by atoms with van der Waals surface area (Å²) in [4.78, 5) is 57.9. The maximum absolute atomic E-state index is 12.4. The summed E-state index contributed by atoms with van der Waals surface area (Å²) in [7, 11) is 0. The Morgan fingerprint density at radius 2 is 1.67 bits per heavy atom. The third-order valence-corrected chi connectivity index (χ3v) is 4.04. The molecule has 0 saturated carbocycles. The molecule has 3 unspecified atom stereocenters. The summed E-state index contributed by atoms with van der Waals surface area (Å²) in [5.74, 6) is -3.36. The number of hydrogen-bond acceptors (Lipinski definition) is 7. The zero-order valence-electron chi connectivity index (χ0n) is 15.3. The fourth-order valence-electron chi connectivity index (χ4n) is 1.89. The summed E-state index contributed by atoms with van der Waals surface area (Å²) < 4.78 is 0. The Balaban J connectivity index is 4.91. The quantitative estimate of drug-likeness (QED) is 0.194. The lowest BCUT2D eigenvalue weighted by atomic mass is 10.1. The average molecular weight is 405 g/mol. The van der Waals surface area contributed by atoms with Gasteiger partial charge in [0.25, 0.3) is 0 Å². The number of rotatable bonds is 13. The van der Waals surface area contributed by atoms with Crippen molar-refractivity contribution in [2.75, 3.05) is 18.6 Å². The summed E-state index contributed by atoms with van der Waals surface area (Å²) in [5, 5.41) is 16.2. The second-order valence-corrected chi connectivity index (χ2v) is 6.80. The van der Waals surface area contributed by atoms with Crippen molar-refractivity contribution < 1.29 is 29.1 Å². The first kappa shape index (κ1) is 24.7. The van der Waals surface area contributed by atoms with Crippen LogP contribution in [0.15, 0.2) is 0 Å². The lowest BCUT2D eigenvalue weighted by Crippen LogP contribution is -2.53. The Hall–Kier alpha value is -2.34. The highest BCUT2D eigenvalue weighted by atomic mass is 32.2. The molecule has 4 amide bonds. The van der Waals surface area contributed by atoms with Crippen LogP contribution in [0.5, 0.6) is 0 Å². The molecule has 154 valence electrons. The molecule has 0 aliphatic carbocycles. The fourth-order valence-corrected chi connectivity index (χ4v) is 2.37. The monoisotopic (exact) mass is 405 g/mol.